The maximum Gasteiger partial charge on any atom is 0.333 e. The van der Waals surface area contributed by atoms with Crippen LogP contribution >= 0.6 is 11.3 Å². The van der Waals surface area contributed by atoms with Crippen molar-refractivity contribution in [2.75, 3.05) is 33.0 Å². The first kappa shape index (κ1) is 27.5. The van der Waals surface area contributed by atoms with E-state index in [0.29, 0.717) is 47.1 Å². The van der Waals surface area contributed by atoms with Crippen LogP contribution in [0.1, 0.15) is 45.6 Å². The van der Waals surface area contributed by atoms with Gasteiger partial charge in [-0.05, 0) is 56.9 Å². The van der Waals surface area contributed by atoms with Crippen molar-refractivity contribution >= 4 is 35.4 Å². The largest absolute Gasteiger partial charge is 0.490 e. The third-order valence-corrected chi connectivity index (χ3v) is 6.40. The quantitative estimate of drug-likeness (QED) is 0.425. The van der Waals surface area contributed by atoms with Gasteiger partial charge in [0.1, 0.15) is 11.2 Å². The highest BCUT2D eigenvalue weighted by Gasteiger charge is 2.17. The summed E-state index contributed by atoms with van der Waals surface area (Å²) in [6.07, 6.45) is 5.68. The van der Waals surface area contributed by atoms with Gasteiger partial charge < -0.3 is 24.3 Å². The number of hydrogen-bond donors (Lipinski definition) is 1. The van der Waals surface area contributed by atoms with Crippen molar-refractivity contribution in [1.29, 1.82) is 0 Å². The molecule has 2 heterocycles. The van der Waals surface area contributed by atoms with Gasteiger partial charge in [-0.15, -0.1) is 11.3 Å². The molecule has 1 aliphatic rings. The summed E-state index contributed by atoms with van der Waals surface area (Å²) in [4.78, 5) is 38.0. The van der Waals surface area contributed by atoms with E-state index in [1.54, 1.807) is 19.1 Å². The molecule has 1 aromatic carbocycles. The number of thiazole rings is 1. The minimum absolute atomic E-state index is 0.00795. The van der Waals surface area contributed by atoms with Gasteiger partial charge in [-0.1, -0.05) is 13.0 Å². The number of nitrogens with one attached hydrogen (secondary N) is 1. The molecule has 0 unspecified atom stereocenters. The molecule has 1 aromatic heterocycles. The van der Waals surface area contributed by atoms with Gasteiger partial charge in [0.2, 0.25) is 5.91 Å². The molecular weight excluding hydrogens is 484 g/mol. The minimum atomic E-state index is -0.574. The molecule has 196 valence electrons. The van der Waals surface area contributed by atoms with Crippen molar-refractivity contribution in [2.45, 2.75) is 52.7 Å². The summed E-state index contributed by atoms with van der Waals surface area (Å²) in [6, 6.07) is 5.45. The number of carbonyl (C=O) groups is 2. The molecule has 9 nitrogen and oxygen atoms in total. The van der Waals surface area contributed by atoms with E-state index in [2.05, 4.69) is 5.32 Å². The third-order valence-electron chi connectivity index (χ3n) is 5.34. The lowest BCUT2D eigenvalue weighted by molar-refractivity contribution is -0.135. The molecule has 0 radical (unpaired) electrons. The number of esters is 1. The zero-order valence-electron chi connectivity index (χ0n) is 21.0. The molecule has 1 N–H and O–H groups in total. The molecule has 10 heteroatoms. The van der Waals surface area contributed by atoms with Gasteiger partial charge in [0.25, 0.3) is 5.56 Å². The average molecular weight is 519 g/mol. The SMILES string of the molecule is CCCOc1ccc(/C=c2/s/c(=C\C(=O)OCC)n(CC(=O)NC[C@@H]3CCCO3)c2=O)cc1OCC. The molecule has 0 spiro atoms. The number of hydrogen-bond acceptors (Lipinski definition) is 8. The third kappa shape index (κ3) is 7.69. The first-order valence-corrected chi connectivity index (χ1v) is 13.1. The zero-order valence-corrected chi connectivity index (χ0v) is 21.9. The van der Waals surface area contributed by atoms with Crippen LogP contribution in [-0.4, -0.2) is 55.5 Å². The van der Waals surface area contributed by atoms with Crippen LogP contribution in [0, 0.1) is 0 Å². The van der Waals surface area contributed by atoms with E-state index in [0.717, 1.165) is 36.2 Å². The lowest BCUT2D eigenvalue weighted by Crippen LogP contribution is -2.40. The van der Waals surface area contributed by atoms with Gasteiger partial charge in [-0.2, -0.15) is 0 Å². The van der Waals surface area contributed by atoms with Gasteiger partial charge in [-0.25, -0.2) is 4.79 Å². The number of amides is 1. The summed E-state index contributed by atoms with van der Waals surface area (Å²) in [7, 11) is 0. The number of aromatic nitrogens is 1. The highest BCUT2D eigenvalue weighted by atomic mass is 32.1. The number of benzene rings is 1. The molecule has 36 heavy (non-hydrogen) atoms. The molecule has 1 atom stereocenters. The molecule has 1 fully saturated rings. The number of nitrogens with zero attached hydrogens (tertiary/aromatic N) is 1. The Balaban J connectivity index is 1.93. The summed E-state index contributed by atoms with van der Waals surface area (Å²) in [6.45, 7) is 7.73. The molecule has 1 saturated heterocycles. The van der Waals surface area contributed by atoms with Crippen LogP contribution in [0.4, 0.5) is 0 Å². The highest BCUT2D eigenvalue weighted by molar-refractivity contribution is 7.07. The maximum atomic E-state index is 13.3. The predicted octanol–water partition coefficient (Wildman–Crippen LogP) is 1.56. The Morgan fingerprint density at radius 3 is 2.72 bits per heavy atom. The van der Waals surface area contributed by atoms with Crippen LogP contribution in [-0.2, 0) is 25.6 Å². The predicted molar refractivity (Wildman–Crippen MR) is 138 cm³/mol. The van der Waals surface area contributed by atoms with Gasteiger partial charge >= 0.3 is 5.97 Å². The molecule has 0 saturated carbocycles. The van der Waals surface area contributed by atoms with Crippen LogP contribution < -0.4 is 29.5 Å². The molecule has 1 amide bonds. The van der Waals surface area contributed by atoms with Gasteiger partial charge in [0, 0.05) is 13.2 Å². The number of rotatable bonds is 12. The van der Waals surface area contributed by atoms with E-state index in [-0.39, 0.29) is 30.7 Å². The summed E-state index contributed by atoms with van der Waals surface area (Å²) in [5, 5.41) is 2.82. The fraction of sp³-hybridized carbons (Fsp3) is 0.500. The van der Waals surface area contributed by atoms with Crippen molar-refractivity contribution in [1.82, 2.24) is 9.88 Å². The number of ether oxygens (including phenoxy) is 4. The van der Waals surface area contributed by atoms with Crippen LogP contribution in [0.25, 0.3) is 12.2 Å². The molecule has 0 aliphatic carbocycles. The Labute approximate surface area is 214 Å². The van der Waals surface area contributed by atoms with Crippen molar-refractivity contribution in [3.8, 4) is 11.5 Å². The Kier molecular flexibility index (Phi) is 10.6. The average Bonchev–Trinajstić information content (AvgIpc) is 3.47. The number of carbonyl (C=O) groups excluding carboxylic acids is 2. The minimum Gasteiger partial charge on any atom is -0.490 e. The van der Waals surface area contributed by atoms with Gasteiger partial charge in [0.05, 0.1) is 36.5 Å². The lowest BCUT2D eigenvalue weighted by atomic mass is 10.2. The lowest BCUT2D eigenvalue weighted by Gasteiger charge is -2.11. The van der Waals surface area contributed by atoms with Crippen LogP contribution in [0.2, 0.25) is 0 Å². The molecule has 3 rings (SSSR count). The molecule has 0 bridgehead atoms. The van der Waals surface area contributed by atoms with Gasteiger partial charge in [-0.3, -0.25) is 14.2 Å². The van der Waals surface area contributed by atoms with E-state index in [9.17, 15) is 14.4 Å². The molecular formula is C26H34N2O7S. The van der Waals surface area contributed by atoms with E-state index in [1.165, 1.54) is 10.6 Å². The maximum absolute atomic E-state index is 13.3. The summed E-state index contributed by atoms with van der Waals surface area (Å²) >= 11 is 1.12. The second kappa shape index (κ2) is 13.8. The Morgan fingerprint density at radius 1 is 1.19 bits per heavy atom. The van der Waals surface area contributed by atoms with E-state index in [4.69, 9.17) is 18.9 Å². The smallest absolute Gasteiger partial charge is 0.333 e. The Bertz CT molecular complexity index is 1210. The van der Waals surface area contributed by atoms with E-state index in [1.807, 2.05) is 26.0 Å². The highest BCUT2D eigenvalue weighted by Crippen LogP contribution is 2.29. The fourth-order valence-corrected chi connectivity index (χ4v) is 4.71. The summed E-state index contributed by atoms with van der Waals surface area (Å²) in [5.41, 5.74) is 0.366. The van der Waals surface area contributed by atoms with Crippen molar-refractivity contribution < 1.29 is 28.5 Å². The second-order valence-corrected chi connectivity index (χ2v) is 9.23. The first-order chi connectivity index (χ1) is 17.4. The normalized spacial score (nSPS) is 16.2. The molecule has 1 aliphatic heterocycles. The Morgan fingerprint density at radius 2 is 2.03 bits per heavy atom. The summed E-state index contributed by atoms with van der Waals surface area (Å²) in [5.74, 6) is 0.323. The van der Waals surface area contributed by atoms with E-state index < -0.39 is 5.97 Å². The zero-order chi connectivity index (χ0) is 25.9. The van der Waals surface area contributed by atoms with Crippen LogP contribution in [0.3, 0.4) is 0 Å². The van der Waals surface area contributed by atoms with Crippen molar-refractivity contribution in [3.63, 3.8) is 0 Å². The van der Waals surface area contributed by atoms with E-state index >= 15 is 0 Å². The van der Waals surface area contributed by atoms with Crippen LogP contribution in [0.5, 0.6) is 11.5 Å². The molecule has 2 aromatic rings. The standard InChI is InChI=1S/C26H34N2O7S/c1-4-11-35-20-10-9-18(13-21(20)32-5-2)14-22-26(31)28(24(36-22)15-25(30)33-6-3)17-23(29)27-16-19-8-7-12-34-19/h9-10,13-15,19H,4-8,11-12,16-17H2,1-3H3,(H,27,29)/b22-14+,24-15-/t19-/m0/s1. The second-order valence-electron chi connectivity index (χ2n) is 8.16. The monoisotopic (exact) mass is 518 g/mol. The van der Waals surface area contributed by atoms with Crippen molar-refractivity contribution in [2.24, 2.45) is 0 Å². The fourth-order valence-electron chi connectivity index (χ4n) is 3.68. The Hall–Kier alpha value is -3.11. The van der Waals surface area contributed by atoms with Crippen molar-refractivity contribution in [3.05, 3.63) is 43.3 Å². The van der Waals surface area contributed by atoms with Gasteiger partial charge in [0.15, 0.2) is 11.5 Å². The summed E-state index contributed by atoms with van der Waals surface area (Å²) < 4.78 is 24.0. The van der Waals surface area contributed by atoms with Crippen LogP contribution in [0.15, 0.2) is 23.0 Å². The first-order valence-electron chi connectivity index (χ1n) is 12.3. The topological polar surface area (TPSA) is 105 Å².